The monoisotopic (exact) mass is 338 g/mol. The molecule has 2 N–H and O–H groups in total. The van der Waals surface area contributed by atoms with Crippen LogP contribution in [0.25, 0.3) is 0 Å². The molecule has 2 rings (SSSR count). The van der Waals surface area contributed by atoms with E-state index in [4.69, 9.17) is 9.47 Å². The summed E-state index contributed by atoms with van der Waals surface area (Å²) in [5.41, 5.74) is 0.688. The summed E-state index contributed by atoms with van der Waals surface area (Å²) in [4.78, 5) is 12.1. The van der Waals surface area contributed by atoms with Gasteiger partial charge in [-0.25, -0.2) is 9.18 Å². The van der Waals surface area contributed by atoms with Crippen molar-refractivity contribution in [3.05, 3.63) is 29.6 Å². The van der Waals surface area contributed by atoms with Crippen molar-refractivity contribution in [2.75, 3.05) is 20.3 Å². The predicted molar refractivity (Wildman–Crippen MR) is 90.6 cm³/mol. The van der Waals surface area contributed by atoms with Gasteiger partial charge in [0.15, 0.2) is 11.6 Å². The van der Waals surface area contributed by atoms with Crippen molar-refractivity contribution in [3.63, 3.8) is 0 Å². The van der Waals surface area contributed by atoms with Crippen LogP contribution in [-0.4, -0.2) is 32.4 Å². The lowest BCUT2D eigenvalue weighted by atomic mass is 9.93. The smallest absolute Gasteiger partial charge is 0.315 e. The van der Waals surface area contributed by atoms with Gasteiger partial charge in [0.05, 0.1) is 19.3 Å². The number of methoxy groups -OCH3 is 1. The molecule has 6 heteroatoms. The number of amides is 2. The van der Waals surface area contributed by atoms with E-state index in [-0.39, 0.29) is 23.9 Å². The number of benzene rings is 1. The van der Waals surface area contributed by atoms with E-state index in [1.54, 1.807) is 12.1 Å². The maximum absolute atomic E-state index is 13.8. The van der Waals surface area contributed by atoms with Gasteiger partial charge in [-0.2, -0.15) is 0 Å². The molecule has 3 atom stereocenters. The quantitative estimate of drug-likeness (QED) is 0.837. The number of ether oxygens (including phenoxy) is 2. The molecule has 1 aromatic carbocycles. The van der Waals surface area contributed by atoms with Gasteiger partial charge in [-0.05, 0) is 37.0 Å². The van der Waals surface area contributed by atoms with E-state index in [1.807, 2.05) is 6.92 Å². The first-order valence-electron chi connectivity index (χ1n) is 8.41. The number of rotatable bonds is 6. The minimum atomic E-state index is -0.438. The maximum atomic E-state index is 13.8. The second kappa shape index (κ2) is 8.33. The third kappa shape index (κ3) is 4.60. The molecule has 0 unspecified atom stereocenters. The van der Waals surface area contributed by atoms with E-state index in [0.29, 0.717) is 23.9 Å². The summed E-state index contributed by atoms with van der Waals surface area (Å²) in [6.07, 6.45) is 1.15. The van der Waals surface area contributed by atoms with Crippen molar-refractivity contribution in [2.45, 2.75) is 39.3 Å². The summed E-state index contributed by atoms with van der Waals surface area (Å²) in [6, 6.07) is 4.12. The van der Waals surface area contributed by atoms with Crippen molar-refractivity contribution < 1.29 is 18.7 Å². The molecule has 0 aromatic heterocycles. The zero-order chi connectivity index (χ0) is 17.7. The van der Waals surface area contributed by atoms with Crippen LogP contribution in [0.15, 0.2) is 18.2 Å². The molecule has 2 amide bonds. The van der Waals surface area contributed by atoms with Crippen LogP contribution in [0.1, 0.15) is 38.8 Å². The molecule has 0 radical (unpaired) electrons. The average Bonchev–Trinajstić information content (AvgIpc) is 3.01. The lowest BCUT2D eigenvalue weighted by Gasteiger charge is -2.23. The number of halogens is 1. The summed E-state index contributed by atoms with van der Waals surface area (Å²) >= 11 is 0. The summed E-state index contributed by atoms with van der Waals surface area (Å²) < 4.78 is 24.4. The normalized spacial score (nSPS) is 21.6. The standard InChI is InChI=1S/C18H27FN2O3/c1-11(2)17-14(7-8-24-17)10-20-18(22)21-12(3)13-5-6-16(23-4)15(19)9-13/h5-6,9,11-12,14,17H,7-8,10H2,1-4H3,(H2,20,21,22)/t12-,14+,17-/m0/s1. The highest BCUT2D eigenvalue weighted by molar-refractivity contribution is 5.74. The Bertz CT molecular complexity index is 565. The van der Waals surface area contributed by atoms with E-state index < -0.39 is 5.82 Å². The number of hydrogen-bond acceptors (Lipinski definition) is 3. The predicted octanol–water partition coefficient (Wildman–Crippen LogP) is 3.26. The lowest BCUT2D eigenvalue weighted by Crippen LogP contribution is -2.41. The van der Waals surface area contributed by atoms with E-state index in [2.05, 4.69) is 24.5 Å². The first-order valence-corrected chi connectivity index (χ1v) is 8.41. The molecule has 0 aliphatic carbocycles. The van der Waals surface area contributed by atoms with Gasteiger partial charge in [-0.3, -0.25) is 0 Å². The van der Waals surface area contributed by atoms with E-state index >= 15 is 0 Å². The highest BCUT2D eigenvalue weighted by Crippen LogP contribution is 2.26. The Hall–Kier alpha value is -1.82. The van der Waals surface area contributed by atoms with Gasteiger partial charge >= 0.3 is 6.03 Å². The molecule has 1 aromatic rings. The van der Waals surface area contributed by atoms with Gasteiger partial charge in [-0.1, -0.05) is 19.9 Å². The van der Waals surface area contributed by atoms with Gasteiger partial charge in [0.2, 0.25) is 0 Å². The van der Waals surface area contributed by atoms with Crippen molar-refractivity contribution in [1.82, 2.24) is 10.6 Å². The molecule has 1 aliphatic rings. The largest absolute Gasteiger partial charge is 0.494 e. The molecule has 1 saturated heterocycles. The van der Waals surface area contributed by atoms with Crippen molar-refractivity contribution >= 4 is 6.03 Å². The number of carbonyl (C=O) groups excluding carboxylic acids is 1. The molecule has 134 valence electrons. The van der Waals surface area contributed by atoms with Crippen molar-refractivity contribution in [1.29, 1.82) is 0 Å². The van der Waals surface area contributed by atoms with Gasteiger partial charge < -0.3 is 20.1 Å². The molecule has 1 heterocycles. The number of hydrogen-bond donors (Lipinski definition) is 2. The Balaban J connectivity index is 1.84. The second-order valence-corrected chi connectivity index (χ2v) is 6.60. The molecule has 1 fully saturated rings. The Labute approximate surface area is 142 Å². The maximum Gasteiger partial charge on any atom is 0.315 e. The second-order valence-electron chi connectivity index (χ2n) is 6.60. The van der Waals surface area contributed by atoms with Gasteiger partial charge in [0, 0.05) is 19.1 Å². The van der Waals surface area contributed by atoms with Crippen LogP contribution >= 0.6 is 0 Å². The summed E-state index contributed by atoms with van der Waals surface area (Å²) in [5.74, 6) is 0.524. The van der Waals surface area contributed by atoms with Crippen molar-refractivity contribution in [3.8, 4) is 5.75 Å². The minimum Gasteiger partial charge on any atom is -0.494 e. The number of nitrogens with one attached hydrogen (secondary N) is 2. The van der Waals surface area contributed by atoms with Crippen LogP contribution in [0.4, 0.5) is 9.18 Å². The van der Waals surface area contributed by atoms with Crippen molar-refractivity contribution in [2.24, 2.45) is 11.8 Å². The molecule has 1 aliphatic heterocycles. The van der Waals surface area contributed by atoms with Crippen LogP contribution in [0, 0.1) is 17.7 Å². The highest BCUT2D eigenvalue weighted by Gasteiger charge is 2.30. The Morgan fingerprint density at radius 1 is 1.42 bits per heavy atom. The zero-order valence-electron chi connectivity index (χ0n) is 14.8. The molecule has 24 heavy (non-hydrogen) atoms. The SMILES string of the molecule is COc1ccc([C@H](C)NC(=O)NC[C@H]2CCO[C@H]2C(C)C)cc1F. The van der Waals surface area contributed by atoms with Crippen LogP contribution in [0.3, 0.4) is 0 Å². The summed E-state index contributed by atoms with van der Waals surface area (Å²) in [6.45, 7) is 7.40. The lowest BCUT2D eigenvalue weighted by molar-refractivity contribution is 0.0545. The van der Waals surface area contributed by atoms with Gasteiger partial charge in [0.25, 0.3) is 0 Å². The molecule has 0 saturated carbocycles. The molecular formula is C18H27FN2O3. The zero-order valence-corrected chi connectivity index (χ0v) is 14.8. The highest BCUT2D eigenvalue weighted by atomic mass is 19.1. The first-order chi connectivity index (χ1) is 11.4. The molecule has 0 spiro atoms. The fraction of sp³-hybridized carbons (Fsp3) is 0.611. The summed E-state index contributed by atoms with van der Waals surface area (Å²) in [5, 5.41) is 5.73. The Kier molecular flexibility index (Phi) is 6.43. The van der Waals surface area contributed by atoms with E-state index in [9.17, 15) is 9.18 Å². The van der Waals surface area contributed by atoms with Gasteiger partial charge in [-0.15, -0.1) is 0 Å². The van der Waals surface area contributed by atoms with E-state index in [1.165, 1.54) is 13.2 Å². The number of urea groups is 1. The molecule has 0 bridgehead atoms. The van der Waals surface area contributed by atoms with Crippen LogP contribution < -0.4 is 15.4 Å². The molecular weight excluding hydrogens is 311 g/mol. The minimum absolute atomic E-state index is 0.191. The fourth-order valence-electron chi connectivity index (χ4n) is 3.12. The average molecular weight is 338 g/mol. The van der Waals surface area contributed by atoms with E-state index in [0.717, 1.165) is 13.0 Å². The third-order valence-electron chi connectivity index (χ3n) is 4.47. The van der Waals surface area contributed by atoms with Gasteiger partial charge in [0.1, 0.15) is 0 Å². The van der Waals surface area contributed by atoms with Crippen LogP contribution in [0.2, 0.25) is 0 Å². The van der Waals surface area contributed by atoms with Crippen LogP contribution in [-0.2, 0) is 4.74 Å². The Morgan fingerprint density at radius 2 is 2.17 bits per heavy atom. The van der Waals surface area contributed by atoms with Crippen LogP contribution in [0.5, 0.6) is 5.75 Å². The third-order valence-corrected chi connectivity index (χ3v) is 4.47. The first kappa shape index (κ1) is 18.5. The Morgan fingerprint density at radius 3 is 2.79 bits per heavy atom. The fourth-order valence-corrected chi connectivity index (χ4v) is 3.12. The topological polar surface area (TPSA) is 59.6 Å². The summed E-state index contributed by atoms with van der Waals surface area (Å²) in [7, 11) is 1.42. The number of carbonyl (C=O) groups is 1. The molecule has 5 nitrogen and oxygen atoms in total.